The number of nitrogens with zero attached hydrogens (tertiary/aromatic N) is 1. The SMILES string of the molecule is CC(CN)CC(C)Nc1c2ccccc2nc2ccccc12. The van der Waals surface area contributed by atoms with E-state index in [-0.39, 0.29) is 0 Å². The molecule has 2 aromatic carbocycles. The summed E-state index contributed by atoms with van der Waals surface area (Å²) < 4.78 is 0. The van der Waals surface area contributed by atoms with E-state index in [9.17, 15) is 0 Å². The highest BCUT2D eigenvalue weighted by molar-refractivity contribution is 6.07. The maximum atomic E-state index is 5.76. The van der Waals surface area contributed by atoms with Crippen LogP contribution in [0, 0.1) is 5.92 Å². The predicted octanol–water partition coefficient (Wildman–Crippen LogP) is 4.17. The summed E-state index contributed by atoms with van der Waals surface area (Å²) in [5.74, 6) is 0.516. The Bertz CT molecular complexity index is 728. The molecular weight excluding hydrogens is 270 g/mol. The summed E-state index contributed by atoms with van der Waals surface area (Å²) in [4.78, 5) is 4.76. The van der Waals surface area contributed by atoms with E-state index >= 15 is 0 Å². The van der Waals surface area contributed by atoms with E-state index < -0.39 is 0 Å². The quantitative estimate of drug-likeness (QED) is 0.694. The molecule has 22 heavy (non-hydrogen) atoms. The fourth-order valence-electron chi connectivity index (χ4n) is 3.00. The van der Waals surface area contributed by atoms with E-state index in [4.69, 9.17) is 10.7 Å². The molecule has 0 saturated heterocycles. The lowest BCUT2D eigenvalue weighted by Gasteiger charge is -2.21. The molecule has 3 heteroatoms. The van der Waals surface area contributed by atoms with Gasteiger partial charge in [0.1, 0.15) is 0 Å². The first kappa shape index (κ1) is 14.8. The third-order valence-corrected chi connectivity index (χ3v) is 4.14. The number of aromatic nitrogens is 1. The van der Waals surface area contributed by atoms with Crippen LogP contribution in [-0.4, -0.2) is 17.6 Å². The number of rotatable bonds is 5. The largest absolute Gasteiger partial charge is 0.381 e. The molecule has 1 heterocycles. The Morgan fingerprint density at radius 3 is 2.05 bits per heavy atom. The molecule has 0 bridgehead atoms. The molecule has 3 rings (SSSR count). The highest BCUT2D eigenvalue weighted by Crippen LogP contribution is 2.31. The van der Waals surface area contributed by atoms with Gasteiger partial charge in [-0.2, -0.15) is 0 Å². The third-order valence-electron chi connectivity index (χ3n) is 4.14. The van der Waals surface area contributed by atoms with Crippen LogP contribution in [0.2, 0.25) is 0 Å². The highest BCUT2D eigenvalue weighted by Gasteiger charge is 2.12. The van der Waals surface area contributed by atoms with Crippen molar-refractivity contribution >= 4 is 27.5 Å². The second kappa shape index (κ2) is 6.32. The summed E-state index contributed by atoms with van der Waals surface area (Å²) in [6.45, 7) is 5.14. The van der Waals surface area contributed by atoms with Gasteiger partial charge in [0.05, 0.1) is 16.7 Å². The van der Waals surface area contributed by atoms with Crippen LogP contribution in [0.3, 0.4) is 0 Å². The summed E-state index contributed by atoms with van der Waals surface area (Å²) in [5, 5.41) is 6.05. The van der Waals surface area contributed by atoms with Crippen molar-refractivity contribution in [2.24, 2.45) is 11.7 Å². The zero-order valence-corrected chi connectivity index (χ0v) is 13.2. The van der Waals surface area contributed by atoms with E-state index in [0.717, 1.165) is 24.0 Å². The number of hydrogen-bond donors (Lipinski definition) is 2. The monoisotopic (exact) mass is 293 g/mol. The molecule has 2 atom stereocenters. The van der Waals surface area contributed by atoms with Gasteiger partial charge in [-0.25, -0.2) is 4.98 Å². The average Bonchev–Trinajstić information content (AvgIpc) is 2.54. The van der Waals surface area contributed by atoms with Gasteiger partial charge in [-0.05, 0) is 37.9 Å². The lowest BCUT2D eigenvalue weighted by Crippen LogP contribution is -2.22. The van der Waals surface area contributed by atoms with Crippen molar-refractivity contribution in [2.45, 2.75) is 26.3 Å². The molecule has 0 saturated carbocycles. The first-order valence-electron chi connectivity index (χ1n) is 7.93. The number of fused-ring (bicyclic) bond motifs is 2. The minimum Gasteiger partial charge on any atom is -0.381 e. The minimum absolute atomic E-state index is 0.368. The van der Waals surface area contributed by atoms with Crippen LogP contribution < -0.4 is 11.1 Å². The standard InChI is InChI=1S/C19H23N3/c1-13(12-20)11-14(2)21-19-15-7-3-5-9-17(15)22-18-10-6-4-8-16(18)19/h3-10,13-14H,11-12,20H2,1-2H3,(H,21,22). The molecule has 0 spiro atoms. The lowest BCUT2D eigenvalue weighted by molar-refractivity contribution is 0.508. The van der Waals surface area contributed by atoms with Gasteiger partial charge in [0.15, 0.2) is 0 Å². The van der Waals surface area contributed by atoms with Gasteiger partial charge in [0.25, 0.3) is 0 Å². The summed E-state index contributed by atoms with van der Waals surface area (Å²) >= 11 is 0. The number of hydrogen-bond acceptors (Lipinski definition) is 3. The van der Waals surface area contributed by atoms with Gasteiger partial charge in [0, 0.05) is 16.8 Å². The molecule has 3 aromatic rings. The van der Waals surface area contributed by atoms with Crippen molar-refractivity contribution < 1.29 is 0 Å². The van der Waals surface area contributed by atoms with Crippen molar-refractivity contribution in [3.05, 3.63) is 48.5 Å². The van der Waals surface area contributed by atoms with Gasteiger partial charge >= 0.3 is 0 Å². The summed E-state index contributed by atoms with van der Waals surface area (Å²) in [6.07, 6.45) is 1.06. The maximum absolute atomic E-state index is 5.76. The van der Waals surface area contributed by atoms with E-state index in [2.05, 4.69) is 55.6 Å². The van der Waals surface area contributed by atoms with E-state index in [0.29, 0.717) is 12.0 Å². The van der Waals surface area contributed by atoms with Gasteiger partial charge in [-0.15, -0.1) is 0 Å². The van der Waals surface area contributed by atoms with Crippen molar-refractivity contribution in [1.82, 2.24) is 4.98 Å². The normalized spacial score (nSPS) is 14.1. The lowest BCUT2D eigenvalue weighted by atomic mass is 10.0. The first-order valence-corrected chi connectivity index (χ1v) is 7.93. The third kappa shape index (κ3) is 2.90. The Balaban J connectivity index is 2.08. The number of anilines is 1. The van der Waals surface area contributed by atoms with Crippen molar-refractivity contribution in [1.29, 1.82) is 0 Å². The molecule has 0 fully saturated rings. The van der Waals surface area contributed by atoms with E-state index in [1.165, 1.54) is 16.5 Å². The molecule has 3 nitrogen and oxygen atoms in total. The van der Waals surface area contributed by atoms with Crippen LogP contribution in [0.5, 0.6) is 0 Å². The Morgan fingerprint density at radius 1 is 0.955 bits per heavy atom. The number of nitrogens with two attached hydrogens (primary N) is 1. The fourth-order valence-corrected chi connectivity index (χ4v) is 3.00. The molecule has 114 valence electrons. The predicted molar refractivity (Wildman–Crippen MR) is 95.2 cm³/mol. The fraction of sp³-hybridized carbons (Fsp3) is 0.316. The number of pyridine rings is 1. The van der Waals surface area contributed by atoms with Crippen molar-refractivity contribution in [3.63, 3.8) is 0 Å². The molecule has 0 aliphatic heterocycles. The zero-order chi connectivity index (χ0) is 15.5. The second-order valence-corrected chi connectivity index (χ2v) is 6.14. The topological polar surface area (TPSA) is 50.9 Å². The summed E-state index contributed by atoms with van der Waals surface area (Å²) in [6, 6.07) is 17.0. The molecule has 0 aliphatic carbocycles. The maximum Gasteiger partial charge on any atom is 0.0730 e. The molecular formula is C19H23N3. The van der Waals surface area contributed by atoms with Crippen LogP contribution in [-0.2, 0) is 0 Å². The molecule has 0 amide bonds. The molecule has 2 unspecified atom stereocenters. The van der Waals surface area contributed by atoms with Crippen molar-refractivity contribution in [3.8, 4) is 0 Å². The molecule has 0 aliphatic rings. The van der Waals surface area contributed by atoms with Crippen molar-refractivity contribution in [2.75, 3.05) is 11.9 Å². The zero-order valence-electron chi connectivity index (χ0n) is 13.2. The Hall–Kier alpha value is -2.13. The summed E-state index contributed by atoms with van der Waals surface area (Å²) in [7, 11) is 0. The Kier molecular flexibility index (Phi) is 4.25. The van der Waals surface area contributed by atoms with Crippen LogP contribution in [0.1, 0.15) is 20.3 Å². The second-order valence-electron chi connectivity index (χ2n) is 6.14. The van der Waals surface area contributed by atoms with Crippen LogP contribution in [0.15, 0.2) is 48.5 Å². The van der Waals surface area contributed by atoms with Gasteiger partial charge in [-0.1, -0.05) is 43.3 Å². The molecule has 0 radical (unpaired) electrons. The van der Waals surface area contributed by atoms with Gasteiger partial charge in [-0.3, -0.25) is 0 Å². The van der Waals surface area contributed by atoms with Crippen LogP contribution >= 0.6 is 0 Å². The number of nitrogens with one attached hydrogen (secondary N) is 1. The summed E-state index contributed by atoms with van der Waals surface area (Å²) in [5.41, 5.74) is 9.00. The highest BCUT2D eigenvalue weighted by atomic mass is 14.9. The van der Waals surface area contributed by atoms with Crippen LogP contribution in [0.25, 0.3) is 21.8 Å². The number of benzene rings is 2. The number of para-hydroxylation sites is 2. The van der Waals surface area contributed by atoms with E-state index in [1.807, 2.05) is 12.1 Å². The molecule has 1 aromatic heterocycles. The van der Waals surface area contributed by atoms with Crippen LogP contribution in [0.4, 0.5) is 5.69 Å². The first-order chi connectivity index (χ1) is 10.7. The molecule has 3 N–H and O–H groups in total. The van der Waals surface area contributed by atoms with Gasteiger partial charge < -0.3 is 11.1 Å². The van der Waals surface area contributed by atoms with E-state index in [1.54, 1.807) is 0 Å². The minimum atomic E-state index is 0.368. The Morgan fingerprint density at radius 2 is 1.50 bits per heavy atom. The smallest absolute Gasteiger partial charge is 0.0730 e. The Labute approximate surface area is 131 Å². The van der Waals surface area contributed by atoms with Gasteiger partial charge in [0.2, 0.25) is 0 Å². The average molecular weight is 293 g/mol.